The smallest absolute Gasteiger partial charge is 0.335 e. The van der Waals surface area contributed by atoms with Crippen molar-refractivity contribution in [2.75, 3.05) is 5.32 Å². The lowest BCUT2D eigenvalue weighted by Gasteiger charge is -2.17. The van der Waals surface area contributed by atoms with Crippen molar-refractivity contribution in [2.24, 2.45) is 0 Å². The quantitative estimate of drug-likeness (QED) is 0.856. The molecule has 5 nitrogen and oxygen atoms in total. The number of hydrogen-bond donors (Lipinski definition) is 2. The second-order valence-electron chi connectivity index (χ2n) is 5.21. The molecule has 2 aromatic rings. The van der Waals surface area contributed by atoms with Crippen molar-refractivity contribution < 1.29 is 19.4 Å². The summed E-state index contributed by atoms with van der Waals surface area (Å²) in [5.74, 6) is -0.716. The molecule has 5 heteroatoms. The molecular formula is C18H19NO4. The van der Waals surface area contributed by atoms with Gasteiger partial charge in [0.25, 0.3) is 5.91 Å². The molecule has 0 aliphatic rings. The fourth-order valence-electron chi connectivity index (χ4n) is 2.13. The summed E-state index contributed by atoms with van der Waals surface area (Å²) in [5.41, 5.74) is 1.60. The third-order valence-corrected chi connectivity index (χ3v) is 3.31. The molecule has 0 fully saturated rings. The first kappa shape index (κ1) is 16.5. The maximum absolute atomic E-state index is 12.3. The number of aryl methyl sites for hydroxylation is 1. The predicted octanol–water partition coefficient (Wildman–Crippen LogP) is 3.49. The van der Waals surface area contributed by atoms with Gasteiger partial charge < -0.3 is 15.2 Å². The molecule has 1 atom stereocenters. The van der Waals surface area contributed by atoms with E-state index in [1.54, 1.807) is 18.2 Å². The molecule has 2 rings (SSSR count). The summed E-state index contributed by atoms with van der Waals surface area (Å²) >= 11 is 0. The van der Waals surface area contributed by atoms with Gasteiger partial charge in [0.2, 0.25) is 0 Å². The minimum Gasteiger partial charge on any atom is -0.481 e. The van der Waals surface area contributed by atoms with Crippen LogP contribution in [0.5, 0.6) is 5.75 Å². The Kier molecular flexibility index (Phi) is 5.36. The van der Waals surface area contributed by atoms with Crippen LogP contribution >= 0.6 is 0 Å². The Hall–Kier alpha value is -2.82. The van der Waals surface area contributed by atoms with Crippen LogP contribution < -0.4 is 10.1 Å². The minimum absolute atomic E-state index is 0.121. The van der Waals surface area contributed by atoms with E-state index in [1.807, 2.05) is 32.0 Å². The van der Waals surface area contributed by atoms with Gasteiger partial charge in [0.05, 0.1) is 5.56 Å². The van der Waals surface area contributed by atoms with Crippen LogP contribution in [0, 0.1) is 6.92 Å². The SMILES string of the molecule is CCC(Oc1cccc(C)c1)C(=O)Nc1cccc(C(=O)O)c1. The first-order valence-corrected chi connectivity index (χ1v) is 7.37. The largest absolute Gasteiger partial charge is 0.481 e. The summed E-state index contributed by atoms with van der Waals surface area (Å²) in [6, 6.07) is 13.6. The first-order valence-electron chi connectivity index (χ1n) is 7.37. The number of nitrogens with one attached hydrogen (secondary N) is 1. The van der Waals surface area contributed by atoms with E-state index in [0.717, 1.165) is 5.56 Å². The molecule has 0 spiro atoms. The number of carboxylic acids is 1. The van der Waals surface area contributed by atoms with Gasteiger partial charge in [-0.1, -0.05) is 25.1 Å². The molecule has 0 aliphatic carbocycles. The number of benzene rings is 2. The molecule has 0 heterocycles. The molecule has 23 heavy (non-hydrogen) atoms. The lowest BCUT2D eigenvalue weighted by Crippen LogP contribution is -2.32. The van der Waals surface area contributed by atoms with Crippen molar-refractivity contribution in [1.82, 2.24) is 0 Å². The fraction of sp³-hybridized carbons (Fsp3) is 0.222. The normalized spacial score (nSPS) is 11.6. The zero-order valence-corrected chi connectivity index (χ0v) is 13.1. The predicted molar refractivity (Wildman–Crippen MR) is 87.9 cm³/mol. The van der Waals surface area contributed by atoms with Crippen LogP contribution in [0.1, 0.15) is 29.3 Å². The van der Waals surface area contributed by atoms with Gasteiger partial charge in [-0.2, -0.15) is 0 Å². The van der Waals surface area contributed by atoms with Gasteiger partial charge >= 0.3 is 5.97 Å². The zero-order chi connectivity index (χ0) is 16.8. The van der Waals surface area contributed by atoms with E-state index < -0.39 is 12.1 Å². The van der Waals surface area contributed by atoms with Gasteiger partial charge in [-0.25, -0.2) is 4.79 Å². The Labute approximate surface area is 134 Å². The maximum atomic E-state index is 12.3. The third-order valence-electron chi connectivity index (χ3n) is 3.31. The summed E-state index contributed by atoms with van der Waals surface area (Å²) in [6.07, 6.45) is -0.149. The lowest BCUT2D eigenvalue weighted by atomic mass is 10.2. The highest BCUT2D eigenvalue weighted by atomic mass is 16.5. The second kappa shape index (κ2) is 7.45. The molecule has 0 radical (unpaired) electrons. The molecular weight excluding hydrogens is 294 g/mol. The number of ether oxygens (including phenoxy) is 1. The van der Waals surface area contributed by atoms with Gasteiger partial charge in [-0.15, -0.1) is 0 Å². The van der Waals surface area contributed by atoms with Crippen LogP contribution in [0.3, 0.4) is 0 Å². The van der Waals surface area contributed by atoms with E-state index in [0.29, 0.717) is 17.9 Å². The highest BCUT2D eigenvalue weighted by Crippen LogP contribution is 2.17. The summed E-state index contributed by atoms with van der Waals surface area (Å²) in [6.45, 7) is 3.80. The number of anilines is 1. The topological polar surface area (TPSA) is 75.6 Å². The number of hydrogen-bond acceptors (Lipinski definition) is 3. The number of amides is 1. The molecule has 2 aromatic carbocycles. The number of aromatic carboxylic acids is 1. The summed E-state index contributed by atoms with van der Waals surface area (Å²) in [4.78, 5) is 23.3. The first-order chi connectivity index (χ1) is 11.0. The lowest BCUT2D eigenvalue weighted by molar-refractivity contribution is -0.122. The van der Waals surface area contributed by atoms with E-state index in [4.69, 9.17) is 9.84 Å². The molecule has 1 unspecified atom stereocenters. The van der Waals surface area contributed by atoms with Gasteiger partial charge in [-0.05, 0) is 49.2 Å². The Bertz CT molecular complexity index is 712. The van der Waals surface area contributed by atoms with Crippen molar-refractivity contribution in [3.63, 3.8) is 0 Å². The summed E-state index contributed by atoms with van der Waals surface area (Å²) < 4.78 is 5.73. The standard InChI is InChI=1S/C18H19NO4/c1-3-16(23-15-9-4-6-12(2)10-15)17(20)19-14-8-5-7-13(11-14)18(21)22/h4-11,16H,3H2,1-2H3,(H,19,20)(H,21,22). The van der Waals surface area contributed by atoms with Crippen molar-refractivity contribution in [2.45, 2.75) is 26.4 Å². The van der Waals surface area contributed by atoms with Crippen molar-refractivity contribution in [3.8, 4) is 5.75 Å². The monoisotopic (exact) mass is 313 g/mol. The van der Waals surface area contributed by atoms with Gasteiger partial charge in [0.15, 0.2) is 6.10 Å². The molecule has 2 N–H and O–H groups in total. The second-order valence-corrected chi connectivity index (χ2v) is 5.21. The van der Waals surface area contributed by atoms with E-state index in [1.165, 1.54) is 12.1 Å². The Morgan fingerprint density at radius 1 is 1.17 bits per heavy atom. The Morgan fingerprint density at radius 2 is 1.91 bits per heavy atom. The van der Waals surface area contributed by atoms with Crippen molar-refractivity contribution in [3.05, 3.63) is 59.7 Å². The summed E-state index contributed by atoms with van der Waals surface area (Å²) in [5, 5.41) is 11.7. The van der Waals surface area contributed by atoms with Crippen LogP contribution in [0.15, 0.2) is 48.5 Å². The maximum Gasteiger partial charge on any atom is 0.335 e. The minimum atomic E-state index is -1.04. The Balaban J connectivity index is 2.08. The van der Waals surface area contributed by atoms with Crippen LogP contribution in [0.25, 0.3) is 0 Å². The van der Waals surface area contributed by atoms with Crippen molar-refractivity contribution >= 4 is 17.6 Å². The van der Waals surface area contributed by atoms with Gasteiger partial charge in [-0.3, -0.25) is 4.79 Å². The fourth-order valence-corrected chi connectivity index (χ4v) is 2.13. The van der Waals surface area contributed by atoms with Crippen LogP contribution in [0.4, 0.5) is 5.69 Å². The van der Waals surface area contributed by atoms with E-state index in [2.05, 4.69) is 5.32 Å². The molecule has 0 bridgehead atoms. The van der Waals surface area contributed by atoms with E-state index >= 15 is 0 Å². The highest BCUT2D eigenvalue weighted by molar-refractivity contribution is 5.96. The van der Waals surface area contributed by atoms with Crippen molar-refractivity contribution in [1.29, 1.82) is 0 Å². The van der Waals surface area contributed by atoms with Gasteiger partial charge in [0.1, 0.15) is 5.75 Å². The number of carboxylic acid groups (broad SMARTS) is 1. The molecule has 0 saturated heterocycles. The van der Waals surface area contributed by atoms with E-state index in [-0.39, 0.29) is 11.5 Å². The number of carbonyl (C=O) groups excluding carboxylic acids is 1. The number of carbonyl (C=O) groups is 2. The molecule has 120 valence electrons. The Morgan fingerprint density at radius 3 is 2.57 bits per heavy atom. The molecule has 1 amide bonds. The highest BCUT2D eigenvalue weighted by Gasteiger charge is 2.19. The molecule has 0 aliphatic heterocycles. The van der Waals surface area contributed by atoms with Crippen LogP contribution in [-0.2, 0) is 4.79 Å². The average molecular weight is 313 g/mol. The van der Waals surface area contributed by atoms with Crippen LogP contribution in [-0.4, -0.2) is 23.1 Å². The average Bonchev–Trinajstić information content (AvgIpc) is 2.52. The van der Waals surface area contributed by atoms with E-state index in [9.17, 15) is 9.59 Å². The van der Waals surface area contributed by atoms with Gasteiger partial charge in [0, 0.05) is 5.69 Å². The zero-order valence-electron chi connectivity index (χ0n) is 13.1. The number of rotatable bonds is 6. The third kappa shape index (κ3) is 4.57. The summed E-state index contributed by atoms with van der Waals surface area (Å²) in [7, 11) is 0. The molecule has 0 aromatic heterocycles. The van der Waals surface area contributed by atoms with Crippen LogP contribution in [0.2, 0.25) is 0 Å². The molecule has 0 saturated carbocycles.